The first-order chi connectivity index (χ1) is 14.5. The Morgan fingerprint density at radius 1 is 1.17 bits per heavy atom. The lowest BCUT2D eigenvalue weighted by Gasteiger charge is -2.08. The topological polar surface area (TPSA) is 95.6 Å². The zero-order chi connectivity index (χ0) is 20.8. The van der Waals surface area contributed by atoms with Crippen LogP contribution in [0, 0.1) is 5.82 Å². The number of anilines is 1. The number of nitrogens with one attached hydrogen (secondary N) is 3. The maximum absolute atomic E-state index is 14.2. The Balaban J connectivity index is 1.50. The molecule has 0 bridgehead atoms. The molecule has 0 fully saturated rings. The molecule has 4 aromatic rings. The maximum atomic E-state index is 14.2. The molecule has 152 valence electrons. The van der Waals surface area contributed by atoms with Crippen molar-refractivity contribution in [2.24, 2.45) is 0 Å². The number of amides is 1. The lowest BCUT2D eigenvalue weighted by atomic mass is 10.1. The highest BCUT2D eigenvalue weighted by atomic mass is 32.1. The number of imidazole rings is 1. The molecule has 0 saturated carbocycles. The van der Waals surface area contributed by atoms with Crippen molar-refractivity contribution in [2.75, 3.05) is 5.32 Å². The number of benzene rings is 2. The van der Waals surface area contributed by atoms with Crippen LogP contribution in [0.25, 0.3) is 21.9 Å². The molecule has 0 saturated heterocycles. The molecule has 0 atom stereocenters. The monoisotopic (exact) mass is 422 g/mol. The fraction of sp³-hybridized carbons (Fsp3) is 0.238. The molecule has 0 spiro atoms. The molecule has 30 heavy (non-hydrogen) atoms. The van der Waals surface area contributed by atoms with Crippen LogP contribution in [0.5, 0.6) is 0 Å². The van der Waals surface area contributed by atoms with Crippen molar-refractivity contribution in [1.82, 2.24) is 25.5 Å². The predicted molar refractivity (Wildman–Crippen MR) is 114 cm³/mol. The van der Waals surface area contributed by atoms with Gasteiger partial charge in [0, 0.05) is 24.7 Å². The molecule has 2 aromatic carbocycles. The second-order valence-electron chi connectivity index (χ2n) is 7.58. The van der Waals surface area contributed by atoms with E-state index in [1.54, 1.807) is 0 Å². The van der Waals surface area contributed by atoms with Gasteiger partial charge in [0.2, 0.25) is 0 Å². The highest BCUT2D eigenvalue weighted by Gasteiger charge is 2.20. The van der Waals surface area contributed by atoms with Crippen LogP contribution < -0.4 is 10.6 Å². The normalized spacial score (nSPS) is 13.2. The molecule has 3 heterocycles. The van der Waals surface area contributed by atoms with Crippen LogP contribution in [0.4, 0.5) is 10.1 Å². The fourth-order valence-corrected chi connectivity index (χ4v) is 4.28. The molecule has 0 unspecified atom stereocenters. The van der Waals surface area contributed by atoms with Gasteiger partial charge in [-0.2, -0.15) is 0 Å². The number of halogens is 1. The first-order valence-electron chi connectivity index (χ1n) is 9.65. The second-order valence-corrected chi connectivity index (χ2v) is 8.59. The zero-order valence-electron chi connectivity index (χ0n) is 16.4. The smallest absolute Gasteiger partial charge is 0.258 e. The molecule has 5 rings (SSSR count). The minimum Gasteiger partial charge on any atom is -0.336 e. The number of H-pyrrole nitrogens is 1. The number of aromatic amines is 1. The van der Waals surface area contributed by atoms with Gasteiger partial charge in [-0.1, -0.05) is 31.3 Å². The first-order valence-corrected chi connectivity index (χ1v) is 10.5. The third-order valence-electron chi connectivity index (χ3n) is 5.03. The number of carbonyl (C=O) groups excluding carboxylic acids is 1. The number of hydrogen-bond donors (Lipinski definition) is 3. The van der Waals surface area contributed by atoms with Crippen LogP contribution in [0.2, 0.25) is 0 Å². The van der Waals surface area contributed by atoms with Gasteiger partial charge >= 0.3 is 0 Å². The van der Waals surface area contributed by atoms with Gasteiger partial charge in [0.1, 0.15) is 16.3 Å². The van der Waals surface area contributed by atoms with E-state index < -0.39 is 11.7 Å². The largest absolute Gasteiger partial charge is 0.336 e. The van der Waals surface area contributed by atoms with Gasteiger partial charge in [0.15, 0.2) is 10.8 Å². The van der Waals surface area contributed by atoms with Crippen molar-refractivity contribution in [3.8, 4) is 10.8 Å². The maximum Gasteiger partial charge on any atom is 0.258 e. The quantitative estimate of drug-likeness (QED) is 0.458. The molecule has 0 aliphatic carbocycles. The summed E-state index contributed by atoms with van der Waals surface area (Å²) >= 11 is 1.43. The van der Waals surface area contributed by atoms with Gasteiger partial charge in [-0.05, 0) is 35.4 Å². The third-order valence-corrected chi connectivity index (χ3v) is 6.26. The van der Waals surface area contributed by atoms with E-state index in [1.165, 1.54) is 29.0 Å². The number of hydrogen-bond acceptors (Lipinski definition) is 6. The third kappa shape index (κ3) is 3.35. The summed E-state index contributed by atoms with van der Waals surface area (Å²) < 4.78 is 14.2. The van der Waals surface area contributed by atoms with Crippen LogP contribution in [0.1, 0.15) is 46.3 Å². The van der Waals surface area contributed by atoms with E-state index in [9.17, 15) is 9.18 Å². The number of fused-ring (bicyclic) bond motifs is 2. The zero-order valence-corrected chi connectivity index (χ0v) is 17.2. The van der Waals surface area contributed by atoms with Crippen LogP contribution in [-0.2, 0) is 13.1 Å². The Morgan fingerprint density at radius 2 is 2.00 bits per heavy atom. The van der Waals surface area contributed by atoms with Gasteiger partial charge in [-0.15, -0.1) is 10.2 Å². The van der Waals surface area contributed by atoms with E-state index in [1.807, 2.05) is 32.0 Å². The van der Waals surface area contributed by atoms with Gasteiger partial charge in [0.25, 0.3) is 5.91 Å². The molecule has 0 radical (unpaired) electrons. The number of nitrogens with zero attached hydrogens (tertiary/aromatic N) is 3. The van der Waals surface area contributed by atoms with Gasteiger partial charge < -0.3 is 15.6 Å². The van der Waals surface area contributed by atoms with E-state index in [4.69, 9.17) is 0 Å². The van der Waals surface area contributed by atoms with E-state index in [2.05, 4.69) is 30.8 Å². The molecular weight excluding hydrogens is 403 g/mol. The van der Waals surface area contributed by atoms with Crippen molar-refractivity contribution < 1.29 is 9.18 Å². The van der Waals surface area contributed by atoms with Crippen molar-refractivity contribution in [1.29, 1.82) is 0 Å². The highest BCUT2D eigenvalue weighted by Crippen LogP contribution is 2.29. The predicted octanol–water partition coefficient (Wildman–Crippen LogP) is 4.20. The second kappa shape index (κ2) is 7.26. The Labute approximate surface area is 175 Å². The Morgan fingerprint density at radius 3 is 2.80 bits per heavy atom. The van der Waals surface area contributed by atoms with Crippen molar-refractivity contribution >= 4 is 34.0 Å². The van der Waals surface area contributed by atoms with E-state index in [0.29, 0.717) is 27.6 Å². The van der Waals surface area contributed by atoms with Crippen molar-refractivity contribution in [2.45, 2.75) is 32.9 Å². The SMILES string of the molecule is CC(C)c1nnc(-c2nc3c(C(=O)Nc4ccc5c(c4)CNC5)cc(F)cc3[nH]2)s1. The lowest BCUT2D eigenvalue weighted by molar-refractivity contribution is 0.102. The number of aromatic nitrogens is 4. The molecule has 9 heteroatoms. The first kappa shape index (κ1) is 18.8. The molecule has 3 N–H and O–H groups in total. The van der Waals surface area contributed by atoms with Crippen LogP contribution >= 0.6 is 11.3 Å². The van der Waals surface area contributed by atoms with Crippen LogP contribution in [-0.4, -0.2) is 26.1 Å². The summed E-state index contributed by atoms with van der Waals surface area (Å²) in [6, 6.07) is 8.31. The average Bonchev–Trinajstić information content (AvgIpc) is 3.45. The van der Waals surface area contributed by atoms with E-state index in [0.717, 1.165) is 23.7 Å². The summed E-state index contributed by atoms with van der Waals surface area (Å²) in [5.74, 6) is -0.204. The number of carbonyl (C=O) groups is 1. The molecule has 7 nitrogen and oxygen atoms in total. The Hall–Kier alpha value is -3.17. The van der Waals surface area contributed by atoms with E-state index >= 15 is 0 Å². The Kier molecular flexibility index (Phi) is 4.56. The van der Waals surface area contributed by atoms with Crippen molar-refractivity contribution in [3.05, 3.63) is 57.8 Å². The van der Waals surface area contributed by atoms with Crippen LogP contribution in [0.3, 0.4) is 0 Å². The summed E-state index contributed by atoms with van der Waals surface area (Å²) in [7, 11) is 0. The number of rotatable bonds is 4. The standard InChI is InChI=1S/C21H19FN6OS/c1-10(2)20-27-28-21(30-20)18-25-16-7-13(22)6-15(17(16)26-18)19(29)24-14-4-3-11-8-23-9-12(11)5-14/h3-7,10,23H,8-9H2,1-2H3,(H,24,29)(H,25,26). The molecule has 1 aliphatic heterocycles. The summed E-state index contributed by atoms with van der Waals surface area (Å²) in [6.07, 6.45) is 0. The molecule has 1 amide bonds. The minimum absolute atomic E-state index is 0.166. The Bertz CT molecular complexity index is 1280. The highest BCUT2D eigenvalue weighted by molar-refractivity contribution is 7.14. The van der Waals surface area contributed by atoms with Crippen molar-refractivity contribution in [3.63, 3.8) is 0 Å². The van der Waals surface area contributed by atoms with Gasteiger partial charge in [0.05, 0.1) is 11.1 Å². The molecule has 2 aromatic heterocycles. The fourth-order valence-electron chi connectivity index (χ4n) is 3.49. The van der Waals surface area contributed by atoms with Gasteiger partial charge in [-0.25, -0.2) is 9.37 Å². The van der Waals surface area contributed by atoms with E-state index in [-0.39, 0.29) is 11.5 Å². The molecule has 1 aliphatic rings. The lowest BCUT2D eigenvalue weighted by Crippen LogP contribution is -2.13. The minimum atomic E-state index is -0.513. The average molecular weight is 422 g/mol. The molecular formula is C21H19FN6OS. The summed E-state index contributed by atoms with van der Waals surface area (Å²) in [5, 5.41) is 16.0. The van der Waals surface area contributed by atoms with Gasteiger partial charge in [-0.3, -0.25) is 4.79 Å². The summed E-state index contributed by atoms with van der Waals surface area (Å²) in [6.45, 7) is 5.67. The summed E-state index contributed by atoms with van der Waals surface area (Å²) in [4.78, 5) is 20.5. The summed E-state index contributed by atoms with van der Waals surface area (Å²) in [5.41, 5.74) is 4.04. The van der Waals surface area contributed by atoms with Crippen LogP contribution in [0.15, 0.2) is 30.3 Å².